The maximum atomic E-state index is 12.4. The number of carbonyl (C=O) groups is 1. The summed E-state index contributed by atoms with van der Waals surface area (Å²) in [5.41, 5.74) is 2.67. The topological polar surface area (TPSA) is 83.9 Å². The monoisotopic (exact) mass is 367 g/mol. The first-order valence-corrected chi connectivity index (χ1v) is 9.88. The average Bonchev–Trinajstić information content (AvgIpc) is 2.54. The van der Waals surface area contributed by atoms with Gasteiger partial charge in [0, 0.05) is 44.4 Å². The van der Waals surface area contributed by atoms with Crippen LogP contribution in [0.5, 0.6) is 5.75 Å². The number of carbonyl (C=O) groups excluding carboxylic acids is 1. The van der Waals surface area contributed by atoms with Crippen LogP contribution >= 0.6 is 0 Å². The normalized spacial score (nSPS) is 16.5. The number of ether oxygens (including phenoxy) is 1. The molecule has 7 heteroatoms. The first-order chi connectivity index (χ1) is 11.8. The second-order valence-corrected chi connectivity index (χ2v) is 8.00. The van der Waals surface area contributed by atoms with Gasteiger partial charge < -0.3 is 9.84 Å². The van der Waals surface area contributed by atoms with Crippen molar-refractivity contribution in [3.63, 3.8) is 0 Å². The van der Waals surface area contributed by atoms with Crippen molar-refractivity contribution >= 4 is 21.9 Å². The van der Waals surface area contributed by atoms with Gasteiger partial charge in [-0.05, 0) is 48.7 Å². The standard InChI is InChI=1S/C18H25NO5S/c1-14-12-17(24-10-3-9-20)13-15(2)18(14)6-11-25(22,23)19-7-4-16(21)5-8-19/h6,11-13,20H,3-5,7-10H2,1-2H3/b11-6+. The Kier molecular flexibility index (Phi) is 6.75. The van der Waals surface area contributed by atoms with Crippen LogP contribution in [0.3, 0.4) is 0 Å². The SMILES string of the molecule is Cc1cc(OCCCO)cc(C)c1/C=C/S(=O)(=O)N1CCC(=O)CC1. The van der Waals surface area contributed by atoms with Gasteiger partial charge in [-0.2, -0.15) is 4.31 Å². The molecule has 1 aliphatic heterocycles. The van der Waals surface area contributed by atoms with E-state index in [1.54, 1.807) is 6.08 Å². The van der Waals surface area contributed by atoms with Gasteiger partial charge in [-0.1, -0.05) is 0 Å². The quantitative estimate of drug-likeness (QED) is 0.746. The number of piperidine rings is 1. The number of nitrogens with zero attached hydrogens (tertiary/aromatic N) is 1. The maximum Gasteiger partial charge on any atom is 0.236 e. The van der Waals surface area contributed by atoms with Gasteiger partial charge in [0.05, 0.1) is 6.61 Å². The van der Waals surface area contributed by atoms with Gasteiger partial charge in [0.1, 0.15) is 11.5 Å². The molecule has 1 aromatic rings. The summed E-state index contributed by atoms with van der Waals surface area (Å²) >= 11 is 0. The number of sulfonamides is 1. The molecule has 138 valence electrons. The van der Waals surface area contributed by atoms with E-state index in [-0.39, 0.29) is 38.3 Å². The fourth-order valence-corrected chi connectivity index (χ4v) is 3.94. The number of hydrogen-bond acceptors (Lipinski definition) is 5. The Balaban J connectivity index is 2.13. The molecule has 1 fully saturated rings. The lowest BCUT2D eigenvalue weighted by Crippen LogP contribution is -2.37. The molecule has 0 radical (unpaired) electrons. The van der Waals surface area contributed by atoms with Crippen LogP contribution in [-0.4, -0.2) is 49.9 Å². The molecule has 6 nitrogen and oxygen atoms in total. The summed E-state index contributed by atoms with van der Waals surface area (Å²) in [6.45, 7) is 4.82. The third-order valence-corrected chi connectivity index (χ3v) is 5.75. The van der Waals surface area contributed by atoms with Crippen LogP contribution in [0.15, 0.2) is 17.5 Å². The van der Waals surface area contributed by atoms with Gasteiger partial charge in [0.15, 0.2) is 0 Å². The summed E-state index contributed by atoms with van der Waals surface area (Å²) in [6.07, 6.45) is 2.74. The van der Waals surface area contributed by atoms with Gasteiger partial charge in [-0.3, -0.25) is 4.79 Å². The summed E-state index contributed by atoms with van der Waals surface area (Å²) in [5.74, 6) is 0.817. The first kappa shape index (κ1) is 19.6. The van der Waals surface area contributed by atoms with E-state index in [0.717, 1.165) is 16.7 Å². The minimum atomic E-state index is -3.52. The number of ketones is 1. The zero-order chi connectivity index (χ0) is 18.4. The molecule has 25 heavy (non-hydrogen) atoms. The van der Waals surface area contributed by atoms with Gasteiger partial charge in [-0.25, -0.2) is 8.42 Å². The number of Topliss-reactive ketones (excluding diaryl/α,β-unsaturated/α-hetero) is 1. The number of aliphatic hydroxyl groups excluding tert-OH is 1. The van der Waals surface area contributed by atoms with E-state index in [9.17, 15) is 13.2 Å². The van der Waals surface area contributed by atoms with Crippen LogP contribution < -0.4 is 4.74 Å². The maximum absolute atomic E-state index is 12.4. The lowest BCUT2D eigenvalue weighted by atomic mass is 10.0. The molecule has 1 aliphatic rings. The van der Waals surface area contributed by atoms with E-state index in [1.165, 1.54) is 9.71 Å². The molecule has 1 N–H and O–H groups in total. The van der Waals surface area contributed by atoms with E-state index in [0.29, 0.717) is 18.8 Å². The van der Waals surface area contributed by atoms with Crippen molar-refractivity contribution in [3.05, 3.63) is 34.2 Å². The largest absolute Gasteiger partial charge is 0.493 e. The van der Waals surface area contributed by atoms with Gasteiger partial charge in [0.2, 0.25) is 10.0 Å². The predicted octanol–water partition coefficient (Wildman–Crippen LogP) is 2.03. The zero-order valence-corrected chi connectivity index (χ0v) is 15.5. The molecule has 0 unspecified atom stereocenters. The van der Waals surface area contributed by atoms with Crippen molar-refractivity contribution < 1.29 is 23.1 Å². The number of aliphatic hydroxyl groups is 1. The summed E-state index contributed by atoms with van der Waals surface area (Å²) < 4.78 is 31.7. The molecule has 0 aliphatic carbocycles. The predicted molar refractivity (Wildman–Crippen MR) is 96.9 cm³/mol. The molecule has 0 spiro atoms. The highest BCUT2D eigenvalue weighted by molar-refractivity contribution is 7.92. The molecule has 1 saturated heterocycles. The Morgan fingerprint density at radius 1 is 1.20 bits per heavy atom. The first-order valence-electron chi connectivity index (χ1n) is 8.38. The third-order valence-electron chi connectivity index (χ3n) is 4.19. The van der Waals surface area contributed by atoms with Crippen molar-refractivity contribution in [1.82, 2.24) is 4.31 Å². The third kappa shape index (κ3) is 5.39. The molecular weight excluding hydrogens is 342 g/mol. The Bertz CT molecular complexity index is 722. The van der Waals surface area contributed by atoms with Crippen LogP contribution in [0.1, 0.15) is 36.0 Å². The van der Waals surface area contributed by atoms with Crippen LogP contribution in [0.4, 0.5) is 0 Å². The van der Waals surface area contributed by atoms with Crippen LogP contribution in [0, 0.1) is 13.8 Å². The smallest absolute Gasteiger partial charge is 0.236 e. The molecule has 2 rings (SSSR count). The van der Waals surface area contributed by atoms with Gasteiger partial charge in [-0.15, -0.1) is 0 Å². The summed E-state index contributed by atoms with van der Waals surface area (Å²) in [5, 5.41) is 10.0. The lowest BCUT2D eigenvalue weighted by molar-refractivity contribution is -0.120. The van der Waals surface area contributed by atoms with Gasteiger partial charge in [0.25, 0.3) is 0 Å². The highest BCUT2D eigenvalue weighted by atomic mass is 32.2. The highest BCUT2D eigenvalue weighted by Gasteiger charge is 2.24. The van der Waals surface area contributed by atoms with E-state index < -0.39 is 10.0 Å². The minimum absolute atomic E-state index is 0.0821. The molecule has 1 aromatic carbocycles. The van der Waals surface area contributed by atoms with Crippen molar-refractivity contribution in [2.45, 2.75) is 33.1 Å². The van der Waals surface area contributed by atoms with E-state index in [4.69, 9.17) is 9.84 Å². The average molecular weight is 367 g/mol. The van der Waals surface area contributed by atoms with E-state index >= 15 is 0 Å². The molecule has 0 bridgehead atoms. The highest BCUT2D eigenvalue weighted by Crippen LogP contribution is 2.24. The fraction of sp³-hybridized carbons (Fsp3) is 0.500. The fourth-order valence-electron chi connectivity index (χ4n) is 2.77. The lowest BCUT2D eigenvalue weighted by Gasteiger charge is -2.23. The Labute approximate surface area is 149 Å². The van der Waals surface area contributed by atoms with E-state index in [1.807, 2.05) is 26.0 Å². The number of aryl methyl sites for hydroxylation is 2. The molecule has 0 saturated carbocycles. The van der Waals surface area contributed by atoms with Crippen molar-refractivity contribution in [2.24, 2.45) is 0 Å². The van der Waals surface area contributed by atoms with Crippen molar-refractivity contribution in [2.75, 3.05) is 26.3 Å². The van der Waals surface area contributed by atoms with Crippen molar-refractivity contribution in [3.8, 4) is 5.75 Å². The molecule has 0 atom stereocenters. The Morgan fingerprint density at radius 2 is 1.80 bits per heavy atom. The summed E-state index contributed by atoms with van der Waals surface area (Å²) in [6, 6.07) is 3.71. The second-order valence-electron chi connectivity index (χ2n) is 6.18. The molecular formula is C18H25NO5S. The minimum Gasteiger partial charge on any atom is -0.493 e. The van der Waals surface area contributed by atoms with Crippen LogP contribution in [-0.2, 0) is 14.8 Å². The van der Waals surface area contributed by atoms with Crippen LogP contribution in [0.2, 0.25) is 0 Å². The van der Waals surface area contributed by atoms with Crippen molar-refractivity contribution in [1.29, 1.82) is 0 Å². The number of benzene rings is 1. The summed E-state index contributed by atoms with van der Waals surface area (Å²) in [4.78, 5) is 11.3. The van der Waals surface area contributed by atoms with E-state index in [2.05, 4.69) is 0 Å². The van der Waals surface area contributed by atoms with Gasteiger partial charge >= 0.3 is 0 Å². The molecule has 0 aromatic heterocycles. The zero-order valence-electron chi connectivity index (χ0n) is 14.7. The Hall–Kier alpha value is -1.70. The number of rotatable bonds is 7. The molecule has 0 amide bonds. The number of hydrogen-bond donors (Lipinski definition) is 1. The Morgan fingerprint density at radius 3 is 2.36 bits per heavy atom. The molecule has 1 heterocycles. The summed E-state index contributed by atoms with van der Waals surface area (Å²) in [7, 11) is -3.52. The second kappa shape index (κ2) is 8.60. The van der Waals surface area contributed by atoms with Crippen LogP contribution in [0.25, 0.3) is 6.08 Å².